The van der Waals surface area contributed by atoms with Crippen molar-refractivity contribution in [2.45, 2.75) is 96.0 Å². The first-order chi connectivity index (χ1) is 20.8. The third-order valence-electron chi connectivity index (χ3n) is 9.07. The molecule has 1 aromatic carbocycles. The first-order valence-electron chi connectivity index (χ1n) is 16.1. The highest BCUT2D eigenvalue weighted by molar-refractivity contribution is 5.89. The minimum Gasteiger partial charge on any atom is -0.459 e. The summed E-state index contributed by atoms with van der Waals surface area (Å²) >= 11 is 0. The van der Waals surface area contributed by atoms with Gasteiger partial charge in [-0.1, -0.05) is 30.7 Å². The third kappa shape index (κ3) is 6.88. The Morgan fingerprint density at radius 1 is 1.21 bits per heavy atom. The summed E-state index contributed by atoms with van der Waals surface area (Å²) in [6.07, 6.45) is 7.94. The van der Waals surface area contributed by atoms with Crippen LogP contribution in [-0.2, 0) is 27.1 Å². The van der Waals surface area contributed by atoms with E-state index in [1.807, 2.05) is 49.8 Å². The number of rotatable bonds is 10. The summed E-state index contributed by atoms with van der Waals surface area (Å²) in [6, 6.07) is 9.83. The molecule has 0 bridgehead atoms. The second kappa shape index (κ2) is 12.9. The van der Waals surface area contributed by atoms with E-state index >= 15 is 4.39 Å². The quantitative estimate of drug-likeness (QED) is 0.222. The van der Waals surface area contributed by atoms with E-state index in [0.29, 0.717) is 32.7 Å². The molecule has 3 aromatic rings. The average Bonchev–Trinajstić information content (AvgIpc) is 3.76. The molecule has 5 heterocycles. The van der Waals surface area contributed by atoms with Crippen LogP contribution >= 0.6 is 0 Å². The summed E-state index contributed by atoms with van der Waals surface area (Å²) < 4.78 is 29.3. The van der Waals surface area contributed by atoms with Crippen LogP contribution in [0.3, 0.4) is 0 Å². The highest BCUT2D eigenvalue weighted by Gasteiger charge is 2.40. The highest BCUT2D eigenvalue weighted by atomic mass is 19.1. The number of nitrogens with one attached hydrogen (secondary N) is 1. The molecule has 0 radical (unpaired) electrons. The lowest BCUT2D eigenvalue weighted by atomic mass is 9.97. The van der Waals surface area contributed by atoms with Gasteiger partial charge >= 0.3 is 5.97 Å². The Morgan fingerprint density at radius 2 is 2.09 bits per heavy atom. The van der Waals surface area contributed by atoms with Gasteiger partial charge in [0.05, 0.1) is 24.4 Å². The molecule has 1 unspecified atom stereocenters. The fourth-order valence-electron chi connectivity index (χ4n) is 6.91. The van der Waals surface area contributed by atoms with Gasteiger partial charge < -0.3 is 14.8 Å². The van der Waals surface area contributed by atoms with Gasteiger partial charge in [-0.2, -0.15) is 5.10 Å². The summed E-state index contributed by atoms with van der Waals surface area (Å²) in [4.78, 5) is 20.8. The van der Waals surface area contributed by atoms with Gasteiger partial charge in [-0.05, 0) is 83.9 Å². The largest absolute Gasteiger partial charge is 0.459 e. The maximum Gasteiger partial charge on any atom is 0.328 e. The number of ether oxygens (including phenoxy) is 2. The lowest BCUT2D eigenvalue weighted by Gasteiger charge is -2.31. The van der Waals surface area contributed by atoms with Gasteiger partial charge in [0.25, 0.3) is 0 Å². The number of esters is 1. The zero-order valence-corrected chi connectivity index (χ0v) is 25.9. The first kappa shape index (κ1) is 30.0. The Bertz CT molecular complexity index is 1410. The molecule has 0 amide bonds. The number of pyridine rings is 1. The number of hydrogen-bond acceptors (Lipinski definition) is 7. The highest BCUT2D eigenvalue weighted by Crippen LogP contribution is 2.37. The molecule has 3 aliphatic rings. The molecule has 0 spiro atoms. The number of likely N-dealkylation sites (tertiary alicyclic amines) is 1. The number of halogens is 1. The third-order valence-corrected chi connectivity index (χ3v) is 9.07. The molecule has 2 saturated heterocycles. The van der Waals surface area contributed by atoms with Crippen LogP contribution in [-0.4, -0.2) is 70.3 Å². The van der Waals surface area contributed by atoms with Crippen LogP contribution in [0, 0.1) is 5.92 Å². The van der Waals surface area contributed by atoms with Gasteiger partial charge in [-0.25, -0.2) is 14.2 Å². The van der Waals surface area contributed by atoms with Crippen molar-refractivity contribution in [3.63, 3.8) is 0 Å². The number of anilines is 1. The predicted octanol–water partition coefficient (Wildman–Crippen LogP) is 6.21. The SMILES string of the molecule is CC(C)(C)OC(=O)C(c1cccc2cnn([C@@H]3CCOC3)c12)N1CC[C@@H]([C@@H](F)CCCCc2ccc3c(n2)NCCC3)C1. The van der Waals surface area contributed by atoms with E-state index in [-0.39, 0.29) is 17.9 Å². The van der Waals surface area contributed by atoms with Gasteiger partial charge in [-0.15, -0.1) is 0 Å². The van der Waals surface area contributed by atoms with Crippen LogP contribution in [0.1, 0.15) is 88.2 Å². The number of carbonyl (C=O) groups excluding carboxylic acids is 1. The van der Waals surface area contributed by atoms with Crippen LogP contribution < -0.4 is 5.32 Å². The zero-order valence-electron chi connectivity index (χ0n) is 25.9. The number of carbonyl (C=O) groups is 1. The molecule has 43 heavy (non-hydrogen) atoms. The number of para-hydroxylation sites is 1. The second-order valence-corrected chi connectivity index (χ2v) is 13.5. The minimum atomic E-state index is -0.903. The number of nitrogens with zero attached hydrogens (tertiary/aromatic N) is 4. The molecule has 0 aliphatic carbocycles. The first-order valence-corrected chi connectivity index (χ1v) is 16.1. The molecular weight excluding hydrogens is 545 g/mol. The Balaban J connectivity index is 1.13. The molecule has 4 atom stereocenters. The van der Waals surface area contributed by atoms with Crippen LogP contribution in [0.25, 0.3) is 10.9 Å². The lowest BCUT2D eigenvalue weighted by Crippen LogP contribution is -2.38. The molecule has 1 N–H and O–H groups in total. The summed E-state index contributed by atoms with van der Waals surface area (Å²) in [5.41, 5.74) is 3.56. The van der Waals surface area contributed by atoms with E-state index in [9.17, 15) is 4.79 Å². The topological polar surface area (TPSA) is 81.5 Å². The van der Waals surface area contributed by atoms with Gasteiger partial charge in [0.1, 0.15) is 23.6 Å². The van der Waals surface area contributed by atoms with Crippen LogP contribution in [0.15, 0.2) is 36.5 Å². The number of fused-ring (bicyclic) bond motifs is 2. The second-order valence-electron chi connectivity index (χ2n) is 13.5. The summed E-state index contributed by atoms with van der Waals surface area (Å²) in [7, 11) is 0. The molecule has 2 fully saturated rings. The number of unbranched alkanes of at least 4 members (excludes halogenated alkanes) is 1. The maximum absolute atomic E-state index is 15.6. The van der Waals surface area contributed by atoms with E-state index in [0.717, 1.165) is 79.5 Å². The van der Waals surface area contributed by atoms with Crippen molar-refractivity contribution in [1.29, 1.82) is 0 Å². The number of benzene rings is 1. The monoisotopic (exact) mass is 591 g/mol. The lowest BCUT2D eigenvalue weighted by molar-refractivity contribution is -0.161. The van der Waals surface area contributed by atoms with Crippen molar-refractivity contribution < 1.29 is 18.7 Å². The molecule has 3 aliphatic heterocycles. The molecule has 0 saturated carbocycles. The maximum atomic E-state index is 15.6. The zero-order chi connectivity index (χ0) is 30.0. The summed E-state index contributed by atoms with van der Waals surface area (Å²) in [5, 5.41) is 9.09. The molecule has 9 heteroatoms. The Morgan fingerprint density at radius 3 is 2.91 bits per heavy atom. The van der Waals surface area contributed by atoms with Crippen LogP contribution in [0.4, 0.5) is 10.2 Å². The van der Waals surface area contributed by atoms with E-state index in [2.05, 4.69) is 22.3 Å². The van der Waals surface area contributed by atoms with Gasteiger partial charge in [0.2, 0.25) is 0 Å². The number of aromatic nitrogens is 3. The van der Waals surface area contributed by atoms with E-state index in [4.69, 9.17) is 19.6 Å². The standard InChI is InChI=1S/C34H46FN5O3/c1-34(2,3)43-33(41)31(28-11-6-8-24-20-37-40(30(24)28)27-16-19-42-22-27)39-18-15-25(21-39)29(35)12-5-4-10-26-14-13-23-9-7-17-36-32(23)38-26/h6,8,11,13-14,20,25,27,29,31H,4-5,7,9-10,12,15-19,21-22H2,1-3H3,(H,36,38)/t25-,27-,29+,31?/m1/s1. The molecular formula is C34H46FN5O3. The van der Waals surface area contributed by atoms with E-state index < -0.39 is 17.8 Å². The van der Waals surface area contributed by atoms with Crippen molar-refractivity contribution in [2.75, 3.05) is 38.2 Å². The van der Waals surface area contributed by atoms with Crippen molar-refractivity contribution >= 4 is 22.7 Å². The Kier molecular flexibility index (Phi) is 9.00. The fourth-order valence-corrected chi connectivity index (χ4v) is 6.91. The van der Waals surface area contributed by atoms with Crippen molar-refractivity contribution in [1.82, 2.24) is 19.7 Å². The Labute approximate surface area is 254 Å². The van der Waals surface area contributed by atoms with Crippen molar-refractivity contribution in [2.24, 2.45) is 5.92 Å². The van der Waals surface area contributed by atoms with E-state index in [1.54, 1.807) is 0 Å². The minimum absolute atomic E-state index is 0.108. The number of hydrogen-bond donors (Lipinski definition) is 1. The molecule has 2 aromatic heterocycles. The fraction of sp³-hybridized carbons (Fsp3) is 0.618. The normalized spacial score (nSPS) is 22.3. The molecule has 8 nitrogen and oxygen atoms in total. The molecule has 232 valence electrons. The van der Waals surface area contributed by atoms with Crippen LogP contribution in [0.5, 0.6) is 0 Å². The van der Waals surface area contributed by atoms with Gasteiger partial charge in [-0.3, -0.25) is 9.58 Å². The number of aryl methyl sites for hydroxylation is 2. The summed E-state index contributed by atoms with van der Waals surface area (Å²) in [5.74, 6) is 0.620. The number of alkyl halides is 1. The van der Waals surface area contributed by atoms with Crippen molar-refractivity contribution in [3.05, 3.63) is 53.3 Å². The Hall–Kier alpha value is -3.04. The van der Waals surface area contributed by atoms with Crippen molar-refractivity contribution in [3.8, 4) is 0 Å². The average molecular weight is 592 g/mol. The van der Waals surface area contributed by atoms with Crippen LogP contribution in [0.2, 0.25) is 0 Å². The smallest absolute Gasteiger partial charge is 0.328 e. The van der Waals surface area contributed by atoms with E-state index in [1.165, 1.54) is 5.56 Å². The molecule has 6 rings (SSSR count). The van der Waals surface area contributed by atoms with Gasteiger partial charge in [0.15, 0.2) is 0 Å². The summed E-state index contributed by atoms with van der Waals surface area (Å²) in [6.45, 7) is 9.15. The van der Waals surface area contributed by atoms with Gasteiger partial charge in [0, 0.05) is 42.3 Å². The predicted molar refractivity (Wildman–Crippen MR) is 166 cm³/mol.